The van der Waals surface area contributed by atoms with Gasteiger partial charge in [-0.15, -0.1) is 0 Å². The van der Waals surface area contributed by atoms with Crippen LogP contribution in [-0.4, -0.2) is 27.5 Å². The van der Waals surface area contributed by atoms with Gasteiger partial charge >= 0.3 is 5.97 Å². The molecule has 2 unspecified atom stereocenters. The van der Waals surface area contributed by atoms with E-state index in [1.54, 1.807) is 10.9 Å². The molecule has 1 saturated heterocycles. The summed E-state index contributed by atoms with van der Waals surface area (Å²) in [6.45, 7) is 0.484. The maximum Gasteiger partial charge on any atom is 0.309 e. The number of carbonyl (C=O) groups is 1. The Balaban J connectivity index is 1.87. The largest absolute Gasteiger partial charge is 0.481 e. The molecule has 1 aromatic carbocycles. The Morgan fingerprint density at radius 1 is 1.37 bits per heavy atom. The fourth-order valence-electron chi connectivity index (χ4n) is 2.38. The third-order valence-corrected chi connectivity index (χ3v) is 3.36. The first-order chi connectivity index (χ1) is 9.25. The van der Waals surface area contributed by atoms with Crippen molar-refractivity contribution < 1.29 is 14.6 Å². The summed E-state index contributed by atoms with van der Waals surface area (Å²) < 4.78 is 7.26. The molecule has 0 aliphatic carbocycles. The summed E-state index contributed by atoms with van der Waals surface area (Å²) in [6.07, 6.45) is 3.67. The molecule has 1 aliphatic rings. The molecule has 1 N–H and O–H groups in total. The lowest BCUT2D eigenvalue weighted by molar-refractivity contribution is -0.143. The molecule has 5 nitrogen and oxygen atoms in total. The second-order valence-corrected chi connectivity index (χ2v) is 4.58. The van der Waals surface area contributed by atoms with Crippen molar-refractivity contribution in [3.8, 4) is 5.69 Å². The smallest absolute Gasteiger partial charge is 0.309 e. The highest BCUT2D eigenvalue weighted by molar-refractivity contribution is 5.71. The van der Waals surface area contributed by atoms with E-state index in [0.717, 1.165) is 11.3 Å². The number of carboxylic acid groups (broad SMARTS) is 1. The second-order valence-electron chi connectivity index (χ2n) is 4.58. The van der Waals surface area contributed by atoms with E-state index >= 15 is 0 Å². The standard InChI is InChI=1S/C14H14N2O3/c17-14(18)12-6-7-19-13(12)10-8-15-16(9-10)11-4-2-1-3-5-11/h1-5,8-9,12-13H,6-7H2,(H,17,18). The van der Waals surface area contributed by atoms with Gasteiger partial charge in [-0.1, -0.05) is 18.2 Å². The minimum absolute atomic E-state index is 0.394. The topological polar surface area (TPSA) is 64.3 Å². The number of benzene rings is 1. The highest BCUT2D eigenvalue weighted by Gasteiger charge is 2.35. The van der Waals surface area contributed by atoms with E-state index in [2.05, 4.69) is 5.10 Å². The minimum Gasteiger partial charge on any atom is -0.481 e. The van der Waals surface area contributed by atoms with Gasteiger partial charge in [0, 0.05) is 18.4 Å². The van der Waals surface area contributed by atoms with Gasteiger partial charge < -0.3 is 9.84 Å². The van der Waals surface area contributed by atoms with Gasteiger partial charge in [-0.2, -0.15) is 5.10 Å². The van der Waals surface area contributed by atoms with Crippen molar-refractivity contribution in [2.45, 2.75) is 12.5 Å². The predicted octanol–water partition coefficient (Wildman–Crippen LogP) is 2.03. The zero-order valence-electron chi connectivity index (χ0n) is 10.3. The predicted molar refractivity (Wildman–Crippen MR) is 68.0 cm³/mol. The van der Waals surface area contributed by atoms with E-state index in [0.29, 0.717) is 13.0 Å². The van der Waals surface area contributed by atoms with Crippen LogP contribution in [0.15, 0.2) is 42.7 Å². The van der Waals surface area contributed by atoms with E-state index in [9.17, 15) is 4.79 Å². The number of aliphatic carboxylic acids is 1. The van der Waals surface area contributed by atoms with Gasteiger partial charge in [0.25, 0.3) is 0 Å². The van der Waals surface area contributed by atoms with Crippen molar-refractivity contribution in [2.75, 3.05) is 6.61 Å². The Bertz CT molecular complexity index is 579. The fourth-order valence-corrected chi connectivity index (χ4v) is 2.38. The monoisotopic (exact) mass is 258 g/mol. The van der Waals surface area contributed by atoms with Crippen LogP contribution in [0.1, 0.15) is 18.1 Å². The molecule has 0 bridgehead atoms. The molecule has 1 aliphatic heterocycles. The van der Waals surface area contributed by atoms with E-state index < -0.39 is 18.0 Å². The maximum absolute atomic E-state index is 11.2. The van der Waals surface area contributed by atoms with Gasteiger partial charge in [-0.25, -0.2) is 4.68 Å². The van der Waals surface area contributed by atoms with Gasteiger partial charge in [0.15, 0.2) is 0 Å². The molecule has 1 aromatic heterocycles. The number of aromatic nitrogens is 2. The van der Waals surface area contributed by atoms with E-state index in [4.69, 9.17) is 9.84 Å². The van der Waals surface area contributed by atoms with E-state index in [1.165, 1.54) is 0 Å². The molecule has 0 amide bonds. The van der Waals surface area contributed by atoms with Crippen LogP contribution in [-0.2, 0) is 9.53 Å². The Labute approximate surface area is 110 Å². The van der Waals surface area contributed by atoms with Crippen LogP contribution >= 0.6 is 0 Å². The molecule has 2 heterocycles. The van der Waals surface area contributed by atoms with Crippen LogP contribution in [0.5, 0.6) is 0 Å². The zero-order valence-corrected chi connectivity index (χ0v) is 10.3. The quantitative estimate of drug-likeness (QED) is 0.915. The molecule has 3 rings (SSSR count). The highest BCUT2D eigenvalue weighted by atomic mass is 16.5. The average molecular weight is 258 g/mol. The fraction of sp³-hybridized carbons (Fsp3) is 0.286. The number of rotatable bonds is 3. The molecule has 2 aromatic rings. The van der Waals surface area contributed by atoms with Crippen molar-refractivity contribution in [2.24, 2.45) is 5.92 Å². The Kier molecular flexibility index (Phi) is 3.05. The lowest BCUT2D eigenvalue weighted by Crippen LogP contribution is -2.17. The number of hydrogen-bond acceptors (Lipinski definition) is 3. The van der Waals surface area contributed by atoms with Crippen LogP contribution < -0.4 is 0 Å². The molecular weight excluding hydrogens is 244 g/mol. The van der Waals surface area contributed by atoms with Crippen molar-refractivity contribution in [1.82, 2.24) is 9.78 Å². The summed E-state index contributed by atoms with van der Waals surface area (Å²) in [6, 6.07) is 9.70. The summed E-state index contributed by atoms with van der Waals surface area (Å²) in [5.41, 5.74) is 1.76. The molecule has 19 heavy (non-hydrogen) atoms. The second kappa shape index (κ2) is 4.85. The van der Waals surface area contributed by atoms with Crippen molar-refractivity contribution in [1.29, 1.82) is 0 Å². The Morgan fingerprint density at radius 3 is 2.89 bits per heavy atom. The molecule has 0 saturated carbocycles. The van der Waals surface area contributed by atoms with Crippen molar-refractivity contribution in [3.63, 3.8) is 0 Å². The molecule has 1 fully saturated rings. The summed E-state index contributed by atoms with van der Waals surface area (Å²) in [5, 5.41) is 13.4. The maximum atomic E-state index is 11.2. The number of nitrogens with zero attached hydrogens (tertiary/aromatic N) is 2. The lowest BCUT2D eigenvalue weighted by Gasteiger charge is -2.12. The minimum atomic E-state index is -0.810. The highest BCUT2D eigenvalue weighted by Crippen LogP contribution is 2.34. The van der Waals surface area contributed by atoms with Crippen LogP contribution in [0.3, 0.4) is 0 Å². The molecule has 98 valence electrons. The van der Waals surface area contributed by atoms with Crippen LogP contribution in [0.2, 0.25) is 0 Å². The Morgan fingerprint density at radius 2 is 2.16 bits per heavy atom. The lowest BCUT2D eigenvalue weighted by atomic mass is 9.98. The molecule has 2 atom stereocenters. The van der Waals surface area contributed by atoms with Gasteiger partial charge in [0.1, 0.15) is 0 Å². The first kappa shape index (κ1) is 11.9. The van der Waals surface area contributed by atoms with Gasteiger partial charge in [0.2, 0.25) is 0 Å². The molecule has 0 spiro atoms. The summed E-state index contributed by atoms with van der Waals surface area (Å²) in [7, 11) is 0. The summed E-state index contributed by atoms with van der Waals surface area (Å²) in [4.78, 5) is 11.2. The SMILES string of the molecule is O=C(O)C1CCOC1c1cnn(-c2ccccc2)c1. The summed E-state index contributed by atoms with van der Waals surface area (Å²) >= 11 is 0. The molecular formula is C14H14N2O3. The number of carboxylic acids is 1. The number of para-hydroxylation sites is 1. The van der Waals surface area contributed by atoms with Crippen LogP contribution in [0.4, 0.5) is 0 Å². The average Bonchev–Trinajstić information content (AvgIpc) is 3.08. The van der Waals surface area contributed by atoms with Crippen molar-refractivity contribution >= 4 is 5.97 Å². The first-order valence-corrected chi connectivity index (χ1v) is 6.20. The van der Waals surface area contributed by atoms with E-state index in [-0.39, 0.29) is 0 Å². The number of hydrogen-bond donors (Lipinski definition) is 1. The normalized spacial score (nSPS) is 22.5. The van der Waals surface area contributed by atoms with Gasteiger partial charge in [0.05, 0.1) is 23.9 Å². The van der Waals surface area contributed by atoms with E-state index in [1.807, 2.05) is 36.5 Å². The molecule has 5 heteroatoms. The third-order valence-electron chi connectivity index (χ3n) is 3.36. The van der Waals surface area contributed by atoms with Crippen LogP contribution in [0.25, 0.3) is 5.69 Å². The Hall–Kier alpha value is -2.14. The third kappa shape index (κ3) is 2.24. The van der Waals surface area contributed by atoms with Gasteiger partial charge in [-0.3, -0.25) is 4.79 Å². The van der Waals surface area contributed by atoms with Crippen molar-refractivity contribution in [3.05, 3.63) is 48.3 Å². The van der Waals surface area contributed by atoms with Gasteiger partial charge in [-0.05, 0) is 18.6 Å². The zero-order chi connectivity index (χ0) is 13.2. The summed E-state index contributed by atoms with van der Waals surface area (Å²) in [5.74, 6) is -1.29. The first-order valence-electron chi connectivity index (χ1n) is 6.20. The van der Waals surface area contributed by atoms with Crippen LogP contribution in [0, 0.1) is 5.92 Å². The number of ether oxygens (including phenoxy) is 1. The molecule has 0 radical (unpaired) electrons.